The summed E-state index contributed by atoms with van der Waals surface area (Å²) in [6.07, 6.45) is -1.12. The second-order valence-electron chi connectivity index (χ2n) is 5.62. The number of halogens is 3. The number of nitrogens with zero attached hydrogens (tertiary/aromatic N) is 3. The number of aromatic nitrogens is 3. The second-order valence-corrected chi connectivity index (χ2v) is 6.68. The fourth-order valence-electron chi connectivity index (χ4n) is 2.52. The van der Waals surface area contributed by atoms with E-state index in [1.54, 1.807) is 6.07 Å². The average Bonchev–Trinajstić information content (AvgIpc) is 3.05. The minimum absolute atomic E-state index is 0.117. The monoisotopic (exact) mass is 380 g/mol. The van der Waals surface area contributed by atoms with Crippen molar-refractivity contribution >= 4 is 33.3 Å². The van der Waals surface area contributed by atoms with E-state index in [4.69, 9.17) is 0 Å². The van der Waals surface area contributed by atoms with E-state index in [-0.39, 0.29) is 16.0 Å². The molecule has 2 heterocycles. The van der Waals surface area contributed by atoms with E-state index in [1.807, 2.05) is 6.92 Å². The van der Waals surface area contributed by atoms with Crippen LogP contribution in [0.1, 0.15) is 40.7 Å². The van der Waals surface area contributed by atoms with E-state index in [9.17, 15) is 18.0 Å². The molecule has 0 radical (unpaired) electrons. The minimum Gasteiger partial charge on any atom is -0.296 e. The average molecular weight is 380 g/mol. The van der Waals surface area contributed by atoms with Gasteiger partial charge < -0.3 is 0 Å². The van der Waals surface area contributed by atoms with Crippen molar-refractivity contribution in [3.8, 4) is 0 Å². The van der Waals surface area contributed by atoms with Crippen LogP contribution in [0.5, 0.6) is 0 Å². The van der Waals surface area contributed by atoms with Gasteiger partial charge in [-0.05, 0) is 12.5 Å². The maximum atomic E-state index is 13.6. The van der Waals surface area contributed by atoms with Gasteiger partial charge in [-0.3, -0.25) is 15.1 Å². The highest BCUT2D eigenvalue weighted by atomic mass is 32.1. The molecule has 1 N–H and O–H groups in total. The lowest BCUT2D eigenvalue weighted by atomic mass is 10.0. The van der Waals surface area contributed by atoms with E-state index in [0.29, 0.717) is 0 Å². The fourth-order valence-corrected chi connectivity index (χ4v) is 3.29. The lowest BCUT2D eigenvalue weighted by molar-refractivity contribution is -0.136. The lowest BCUT2D eigenvalue weighted by Gasteiger charge is -2.14. The number of aryl methyl sites for hydroxylation is 1. The Labute approximate surface area is 151 Å². The van der Waals surface area contributed by atoms with Crippen LogP contribution in [-0.2, 0) is 12.6 Å². The normalized spacial score (nSPS) is 11.7. The van der Waals surface area contributed by atoms with Crippen molar-refractivity contribution in [1.29, 1.82) is 0 Å². The molecule has 0 spiro atoms. The third kappa shape index (κ3) is 3.82. The number of para-hydroxylation sites is 1. The molecule has 0 aliphatic rings. The smallest absolute Gasteiger partial charge is 0.296 e. The SMILES string of the molecule is CCCCc1nnc(NC(=O)c2cnc3ccccc3c2C(F)(F)F)s1. The summed E-state index contributed by atoms with van der Waals surface area (Å²) in [6.45, 7) is 2.04. The number of alkyl halides is 3. The van der Waals surface area contributed by atoms with Crippen LogP contribution < -0.4 is 5.32 Å². The van der Waals surface area contributed by atoms with E-state index in [0.717, 1.165) is 41.8 Å². The molecule has 0 aliphatic carbocycles. The Kier molecular flexibility index (Phi) is 5.17. The van der Waals surface area contributed by atoms with Crippen molar-refractivity contribution in [3.63, 3.8) is 0 Å². The number of rotatable bonds is 5. The number of anilines is 1. The van der Waals surface area contributed by atoms with E-state index < -0.39 is 23.2 Å². The van der Waals surface area contributed by atoms with Crippen molar-refractivity contribution in [2.24, 2.45) is 0 Å². The van der Waals surface area contributed by atoms with Crippen LogP contribution in [0.15, 0.2) is 30.5 Å². The highest BCUT2D eigenvalue weighted by Gasteiger charge is 2.37. The van der Waals surface area contributed by atoms with Gasteiger partial charge in [0, 0.05) is 18.0 Å². The summed E-state index contributed by atoms with van der Waals surface area (Å²) < 4.78 is 40.8. The molecule has 0 unspecified atom stereocenters. The molecule has 0 aliphatic heterocycles. The van der Waals surface area contributed by atoms with Gasteiger partial charge in [0.1, 0.15) is 5.01 Å². The molecule has 5 nitrogen and oxygen atoms in total. The molecule has 0 atom stereocenters. The summed E-state index contributed by atoms with van der Waals surface area (Å²) in [7, 11) is 0. The third-order valence-electron chi connectivity index (χ3n) is 3.74. The highest BCUT2D eigenvalue weighted by Crippen LogP contribution is 2.37. The molecule has 2 aromatic heterocycles. The molecule has 3 aromatic rings. The molecule has 0 bridgehead atoms. The van der Waals surface area contributed by atoms with Crippen molar-refractivity contribution in [1.82, 2.24) is 15.2 Å². The van der Waals surface area contributed by atoms with Crippen molar-refractivity contribution in [2.45, 2.75) is 32.4 Å². The summed E-state index contributed by atoms with van der Waals surface area (Å²) in [6, 6.07) is 5.84. The quantitative estimate of drug-likeness (QED) is 0.697. The number of fused-ring (bicyclic) bond motifs is 1. The Balaban J connectivity index is 1.94. The van der Waals surface area contributed by atoms with Gasteiger partial charge in [0.25, 0.3) is 5.91 Å². The Morgan fingerprint density at radius 1 is 1.23 bits per heavy atom. The molecule has 136 valence electrons. The first-order valence-electron chi connectivity index (χ1n) is 7.99. The molecule has 26 heavy (non-hydrogen) atoms. The van der Waals surface area contributed by atoms with Crippen LogP contribution in [-0.4, -0.2) is 21.1 Å². The zero-order valence-corrected chi connectivity index (χ0v) is 14.6. The van der Waals surface area contributed by atoms with Crippen LogP contribution in [0.3, 0.4) is 0 Å². The van der Waals surface area contributed by atoms with Gasteiger partial charge in [-0.2, -0.15) is 13.2 Å². The van der Waals surface area contributed by atoms with Crippen LogP contribution in [0.4, 0.5) is 18.3 Å². The van der Waals surface area contributed by atoms with Gasteiger partial charge >= 0.3 is 6.18 Å². The zero-order valence-electron chi connectivity index (χ0n) is 13.8. The molecular weight excluding hydrogens is 365 g/mol. The summed E-state index contributed by atoms with van der Waals surface area (Å²) in [5.74, 6) is -0.909. The summed E-state index contributed by atoms with van der Waals surface area (Å²) in [5, 5.41) is 10.9. The van der Waals surface area contributed by atoms with Crippen molar-refractivity contribution < 1.29 is 18.0 Å². The molecule has 3 rings (SSSR count). The van der Waals surface area contributed by atoms with Gasteiger partial charge in [-0.15, -0.1) is 10.2 Å². The molecule has 0 saturated heterocycles. The van der Waals surface area contributed by atoms with Gasteiger partial charge in [-0.25, -0.2) is 0 Å². The molecule has 0 saturated carbocycles. The summed E-state index contributed by atoms with van der Waals surface area (Å²) >= 11 is 1.16. The van der Waals surface area contributed by atoms with Crippen LogP contribution in [0, 0.1) is 0 Å². The summed E-state index contributed by atoms with van der Waals surface area (Å²) in [4.78, 5) is 16.4. The minimum atomic E-state index is -4.69. The van der Waals surface area contributed by atoms with Gasteiger partial charge in [0.2, 0.25) is 5.13 Å². The van der Waals surface area contributed by atoms with Crippen LogP contribution >= 0.6 is 11.3 Å². The summed E-state index contributed by atoms with van der Waals surface area (Å²) in [5.41, 5.74) is -1.37. The predicted octanol–water partition coefficient (Wildman–Crippen LogP) is 4.70. The highest BCUT2D eigenvalue weighted by molar-refractivity contribution is 7.15. The number of benzene rings is 1. The van der Waals surface area contributed by atoms with Crippen LogP contribution in [0.2, 0.25) is 0 Å². The van der Waals surface area contributed by atoms with Gasteiger partial charge in [-0.1, -0.05) is 42.9 Å². The standard InChI is InChI=1S/C17H15F3N4OS/c1-2-3-8-13-23-24-16(26-13)22-15(25)11-9-21-12-7-5-4-6-10(12)14(11)17(18,19)20/h4-7,9H,2-3,8H2,1H3,(H,22,24,25). The first-order chi connectivity index (χ1) is 12.4. The molecule has 1 amide bonds. The van der Waals surface area contributed by atoms with E-state index >= 15 is 0 Å². The second kappa shape index (κ2) is 7.36. The van der Waals surface area contributed by atoms with Crippen LogP contribution in [0.25, 0.3) is 10.9 Å². The lowest BCUT2D eigenvalue weighted by Crippen LogP contribution is -2.19. The first kappa shape index (κ1) is 18.2. The first-order valence-corrected chi connectivity index (χ1v) is 8.80. The largest absolute Gasteiger partial charge is 0.417 e. The Morgan fingerprint density at radius 2 is 2.00 bits per heavy atom. The van der Waals surface area contributed by atoms with Crippen molar-refractivity contribution in [2.75, 3.05) is 5.32 Å². The number of nitrogens with one attached hydrogen (secondary N) is 1. The Morgan fingerprint density at radius 3 is 2.73 bits per heavy atom. The topological polar surface area (TPSA) is 67.8 Å². The number of amides is 1. The molecule has 0 fully saturated rings. The Bertz CT molecular complexity index is 939. The zero-order chi connectivity index (χ0) is 18.7. The Hall–Kier alpha value is -2.55. The number of unbranched alkanes of at least 4 members (excludes halogenated alkanes) is 1. The number of hydrogen-bond acceptors (Lipinski definition) is 5. The molecule has 1 aromatic carbocycles. The maximum Gasteiger partial charge on any atom is 0.417 e. The molecule has 9 heteroatoms. The predicted molar refractivity (Wildman–Crippen MR) is 93.2 cm³/mol. The fraction of sp³-hybridized carbons (Fsp3) is 0.294. The van der Waals surface area contributed by atoms with Crippen molar-refractivity contribution in [3.05, 3.63) is 46.6 Å². The number of carbonyl (C=O) groups excluding carboxylic acids is 1. The maximum absolute atomic E-state index is 13.6. The van der Waals surface area contributed by atoms with Gasteiger partial charge in [0.15, 0.2) is 0 Å². The number of hydrogen-bond donors (Lipinski definition) is 1. The number of carbonyl (C=O) groups is 1. The van der Waals surface area contributed by atoms with E-state index in [2.05, 4.69) is 20.5 Å². The number of pyridine rings is 1. The van der Waals surface area contributed by atoms with Gasteiger partial charge in [0.05, 0.1) is 16.6 Å². The molecular formula is C17H15F3N4OS. The third-order valence-corrected chi connectivity index (χ3v) is 4.63. The van der Waals surface area contributed by atoms with E-state index in [1.165, 1.54) is 18.2 Å².